The molecule has 1 unspecified atom stereocenters. The molecule has 0 saturated carbocycles. The topological polar surface area (TPSA) is 67.6 Å². The Morgan fingerprint density at radius 3 is 2.86 bits per heavy atom. The van der Waals surface area contributed by atoms with Crippen molar-refractivity contribution in [3.8, 4) is 5.75 Å². The quantitative estimate of drug-likeness (QED) is 0.767. The summed E-state index contributed by atoms with van der Waals surface area (Å²) in [4.78, 5) is 14.3. The van der Waals surface area contributed by atoms with Crippen molar-refractivity contribution in [2.75, 3.05) is 33.3 Å². The number of methoxy groups -OCH3 is 1. The second kappa shape index (κ2) is 8.76. The highest BCUT2D eigenvalue weighted by Gasteiger charge is 2.24. The van der Waals surface area contributed by atoms with Gasteiger partial charge in [0.1, 0.15) is 5.75 Å². The van der Waals surface area contributed by atoms with Crippen LogP contribution in [0.25, 0.3) is 0 Å². The van der Waals surface area contributed by atoms with Crippen LogP contribution in [0.15, 0.2) is 24.3 Å². The maximum Gasteiger partial charge on any atom is 0.220 e. The largest absolute Gasteiger partial charge is 0.497 e. The summed E-state index contributed by atoms with van der Waals surface area (Å²) in [7, 11) is 1.68. The van der Waals surface area contributed by atoms with Gasteiger partial charge >= 0.3 is 0 Å². The first kappa shape index (κ1) is 16.8. The Morgan fingerprint density at radius 1 is 1.41 bits per heavy atom. The van der Waals surface area contributed by atoms with Crippen LogP contribution in [0.1, 0.15) is 37.3 Å². The Balaban J connectivity index is 2.03. The zero-order valence-electron chi connectivity index (χ0n) is 13.4. The van der Waals surface area contributed by atoms with Crippen molar-refractivity contribution in [1.29, 1.82) is 0 Å². The Morgan fingerprint density at radius 2 is 2.18 bits per heavy atom. The molecule has 0 bridgehead atoms. The molecule has 5 heteroatoms. The SMILES string of the molecule is COc1cccc(C(CNC(=O)CCCN)N2CCCC2)c1. The molecule has 1 saturated heterocycles. The summed E-state index contributed by atoms with van der Waals surface area (Å²) in [6, 6.07) is 8.34. The summed E-state index contributed by atoms with van der Waals surface area (Å²) in [5, 5.41) is 3.05. The zero-order chi connectivity index (χ0) is 15.8. The van der Waals surface area contributed by atoms with E-state index in [2.05, 4.69) is 22.3 Å². The number of carbonyl (C=O) groups excluding carboxylic acids is 1. The van der Waals surface area contributed by atoms with Crippen molar-refractivity contribution < 1.29 is 9.53 Å². The summed E-state index contributed by atoms with van der Waals surface area (Å²) in [6.07, 6.45) is 3.68. The number of carbonyl (C=O) groups is 1. The fraction of sp³-hybridized carbons (Fsp3) is 0.588. The van der Waals surface area contributed by atoms with E-state index in [9.17, 15) is 4.79 Å². The molecule has 2 rings (SSSR count). The van der Waals surface area contributed by atoms with Crippen molar-refractivity contribution in [1.82, 2.24) is 10.2 Å². The maximum absolute atomic E-state index is 11.9. The van der Waals surface area contributed by atoms with Gasteiger partial charge < -0.3 is 15.8 Å². The molecule has 0 aliphatic carbocycles. The van der Waals surface area contributed by atoms with Gasteiger partial charge in [-0.1, -0.05) is 12.1 Å². The Labute approximate surface area is 132 Å². The van der Waals surface area contributed by atoms with E-state index < -0.39 is 0 Å². The fourth-order valence-corrected chi connectivity index (χ4v) is 2.92. The highest BCUT2D eigenvalue weighted by atomic mass is 16.5. The molecule has 22 heavy (non-hydrogen) atoms. The monoisotopic (exact) mass is 305 g/mol. The lowest BCUT2D eigenvalue weighted by atomic mass is 10.0. The summed E-state index contributed by atoms with van der Waals surface area (Å²) in [6.45, 7) is 3.36. The van der Waals surface area contributed by atoms with Crippen molar-refractivity contribution in [2.24, 2.45) is 5.73 Å². The molecule has 5 nitrogen and oxygen atoms in total. The average molecular weight is 305 g/mol. The van der Waals surface area contributed by atoms with E-state index in [-0.39, 0.29) is 11.9 Å². The summed E-state index contributed by atoms with van der Waals surface area (Å²) in [5.74, 6) is 0.939. The van der Waals surface area contributed by atoms with E-state index in [1.165, 1.54) is 18.4 Å². The standard InChI is InChI=1S/C17H27N3O2/c1-22-15-7-4-6-14(12-15)16(20-10-2-3-11-20)13-19-17(21)8-5-9-18/h4,6-7,12,16H,2-3,5,8-11,13,18H2,1H3,(H,19,21). The molecule has 1 heterocycles. The van der Waals surface area contributed by atoms with Crippen LogP contribution in [0.5, 0.6) is 5.75 Å². The van der Waals surface area contributed by atoms with Crippen LogP contribution in [0.3, 0.4) is 0 Å². The van der Waals surface area contributed by atoms with Crippen LogP contribution >= 0.6 is 0 Å². The summed E-state index contributed by atoms with van der Waals surface area (Å²) >= 11 is 0. The lowest BCUT2D eigenvalue weighted by molar-refractivity contribution is -0.121. The van der Waals surface area contributed by atoms with Gasteiger partial charge in [0.2, 0.25) is 5.91 Å². The normalized spacial score (nSPS) is 16.5. The third-order valence-corrected chi connectivity index (χ3v) is 4.16. The molecular weight excluding hydrogens is 278 g/mol. The van der Waals surface area contributed by atoms with E-state index in [4.69, 9.17) is 10.5 Å². The van der Waals surface area contributed by atoms with Gasteiger partial charge in [-0.3, -0.25) is 9.69 Å². The number of hydrogen-bond acceptors (Lipinski definition) is 4. The molecule has 0 spiro atoms. The number of hydrogen-bond donors (Lipinski definition) is 2. The molecule has 1 fully saturated rings. The van der Waals surface area contributed by atoms with E-state index in [1.807, 2.05) is 12.1 Å². The number of amides is 1. The van der Waals surface area contributed by atoms with Crippen molar-refractivity contribution in [2.45, 2.75) is 31.7 Å². The van der Waals surface area contributed by atoms with Gasteiger partial charge in [0.15, 0.2) is 0 Å². The van der Waals surface area contributed by atoms with Gasteiger partial charge in [-0.15, -0.1) is 0 Å². The van der Waals surface area contributed by atoms with Gasteiger partial charge in [-0.25, -0.2) is 0 Å². The van der Waals surface area contributed by atoms with E-state index >= 15 is 0 Å². The first-order valence-electron chi connectivity index (χ1n) is 8.09. The number of likely N-dealkylation sites (tertiary alicyclic amines) is 1. The first-order valence-corrected chi connectivity index (χ1v) is 8.09. The highest BCUT2D eigenvalue weighted by Crippen LogP contribution is 2.27. The van der Waals surface area contributed by atoms with Crippen LogP contribution < -0.4 is 15.8 Å². The molecule has 1 aliphatic rings. The van der Waals surface area contributed by atoms with Gasteiger partial charge in [0.05, 0.1) is 13.2 Å². The van der Waals surface area contributed by atoms with Crippen LogP contribution in [-0.4, -0.2) is 44.1 Å². The molecule has 0 radical (unpaired) electrons. The minimum absolute atomic E-state index is 0.0811. The fourth-order valence-electron chi connectivity index (χ4n) is 2.92. The average Bonchev–Trinajstić information content (AvgIpc) is 3.07. The summed E-state index contributed by atoms with van der Waals surface area (Å²) in [5.41, 5.74) is 6.65. The summed E-state index contributed by atoms with van der Waals surface area (Å²) < 4.78 is 5.33. The molecule has 122 valence electrons. The Bertz CT molecular complexity index is 473. The van der Waals surface area contributed by atoms with Gasteiger partial charge in [-0.2, -0.15) is 0 Å². The number of nitrogens with one attached hydrogen (secondary N) is 1. The van der Waals surface area contributed by atoms with Gasteiger partial charge in [0.25, 0.3) is 0 Å². The third kappa shape index (κ3) is 4.71. The minimum atomic E-state index is 0.0811. The number of benzene rings is 1. The van der Waals surface area contributed by atoms with Crippen molar-refractivity contribution in [3.63, 3.8) is 0 Å². The van der Waals surface area contributed by atoms with E-state index in [0.717, 1.165) is 25.3 Å². The molecule has 3 N–H and O–H groups in total. The first-order chi connectivity index (χ1) is 10.7. The van der Waals surface area contributed by atoms with Crippen LogP contribution in [-0.2, 0) is 4.79 Å². The lowest BCUT2D eigenvalue weighted by Crippen LogP contribution is -2.36. The Hall–Kier alpha value is -1.59. The lowest BCUT2D eigenvalue weighted by Gasteiger charge is -2.28. The van der Waals surface area contributed by atoms with E-state index in [1.54, 1.807) is 7.11 Å². The highest BCUT2D eigenvalue weighted by molar-refractivity contribution is 5.75. The molecule has 1 aliphatic heterocycles. The van der Waals surface area contributed by atoms with Crippen LogP contribution in [0.4, 0.5) is 0 Å². The van der Waals surface area contributed by atoms with Crippen LogP contribution in [0, 0.1) is 0 Å². The molecule has 1 amide bonds. The van der Waals surface area contributed by atoms with E-state index in [0.29, 0.717) is 19.5 Å². The molecular formula is C17H27N3O2. The number of nitrogens with zero attached hydrogens (tertiary/aromatic N) is 1. The zero-order valence-corrected chi connectivity index (χ0v) is 13.4. The predicted molar refractivity (Wildman–Crippen MR) is 87.8 cm³/mol. The van der Waals surface area contributed by atoms with Crippen molar-refractivity contribution in [3.05, 3.63) is 29.8 Å². The molecule has 1 atom stereocenters. The molecule has 0 aromatic heterocycles. The maximum atomic E-state index is 11.9. The number of ether oxygens (including phenoxy) is 1. The van der Waals surface area contributed by atoms with Crippen LogP contribution in [0.2, 0.25) is 0 Å². The minimum Gasteiger partial charge on any atom is -0.497 e. The number of rotatable bonds is 8. The Kier molecular flexibility index (Phi) is 6.68. The van der Waals surface area contributed by atoms with Crippen molar-refractivity contribution >= 4 is 5.91 Å². The predicted octanol–water partition coefficient (Wildman–Crippen LogP) is 1.69. The second-order valence-corrected chi connectivity index (χ2v) is 5.73. The second-order valence-electron chi connectivity index (χ2n) is 5.73. The number of nitrogens with two attached hydrogens (primary N) is 1. The van der Waals surface area contributed by atoms with Gasteiger partial charge in [0, 0.05) is 13.0 Å². The molecule has 1 aromatic carbocycles. The molecule has 1 aromatic rings. The van der Waals surface area contributed by atoms with Gasteiger partial charge in [-0.05, 0) is 56.6 Å². The third-order valence-electron chi connectivity index (χ3n) is 4.16. The smallest absolute Gasteiger partial charge is 0.220 e.